The number of halogens is 1. The number of thiazole rings is 1. The van der Waals surface area contributed by atoms with E-state index in [0.717, 1.165) is 0 Å². The van der Waals surface area contributed by atoms with Crippen LogP contribution >= 0.6 is 27.3 Å². The maximum atomic E-state index is 12.5. The third kappa shape index (κ3) is 2.87. The van der Waals surface area contributed by atoms with Gasteiger partial charge in [-0.2, -0.15) is 0 Å². The highest BCUT2D eigenvalue weighted by Crippen LogP contribution is 2.23. The average molecular weight is 394 g/mol. The van der Waals surface area contributed by atoms with Crippen molar-refractivity contribution in [2.75, 3.05) is 12.4 Å². The van der Waals surface area contributed by atoms with Gasteiger partial charge in [0.25, 0.3) is 11.5 Å². The van der Waals surface area contributed by atoms with Crippen LogP contribution in [0.3, 0.4) is 0 Å². The van der Waals surface area contributed by atoms with E-state index in [0.29, 0.717) is 26.4 Å². The molecule has 2 aromatic heterocycles. The number of nitrogens with zero attached hydrogens (tertiary/aromatic N) is 2. The van der Waals surface area contributed by atoms with Crippen LogP contribution in [-0.4, -0.2) is 22.4 Å². The van der Waals surface area contributed by atoms with Crippen molar-refractivity contribution in [3.05, 3.63) is 55.9 Å². The Balaban J connectivity index is 2.02. The number of carbonyl (C=O) groups excluding carboxylic acids is 1. The Morgan fingerprint density at radius 1 is 1.43 bits per heavy atom. The van der Waals surface area contributed by atoms with Crippen LogP contribution in [-0.2, 0) is 0 Å². The molecule has 0 spiro atoms. The van der Waals surface area contributed by atoms with Gasteiger partial charge in [-0.1, -0.05) is 0 Å². The zero-order valence-electron chi connectivity index (χ0n) is 12.3. The number of anilines is 1. The Morgan fingerprint density at radius 2 is 2.22 bits per heavy atom. The lowest BCUT2D eigenvalue weighted by molar-refractivity contribution is 0.102. The molecule has 1 amide bonds. The van der Waals surface area contributed by atoms with Crippen LogP contribution in [0.4, 0.5) is 5.69 Å². The van der Waals surface area contributed by atoms with E-state index in [2.05, 4.69) is 26.2 Å². The Labute approximate surface area is 143 Å². The molecular weight excluding hydrogens is 382 g/mol. The molecule has 1 N–H and O–H groups in total. The maximum absolute atomic E-state index is 12.5. The summed E-state index contributed by atoms with van der Waals surface area (Å²) >= 11 is 4.69. The van der Waals surface area contributed by atoms with Crippen molar-refractivity contribution in [3.63, 3.8) is 0 Å². The van der Waals surface area contributed by atoms with E-state index < -0.39 is 5.91 Å². The fourth-order valence-corrected chi connectivity index (χ4v) is 3.29. The lowest BCUT2D eigenvalue weighted by Gasteiger charge is -2.10. The molecule has 8 heteroatoms. The van der Waals surface area contributed by atoms with Gasteiger partial charge in [-0.05, 0) is 41.1 Å². The highest BCUT2D eigenvalue weighted by molar-refractivity contribution is 9.10. The Morgan fingerprint density at radius 3 is 2.96 bits per heavy atom. The standard InChI is InChI=1S/C15H12BrN3O3S/c1-8-12(14(21)19-5-6-23-15(19)17-8)18-13(20)10-7-9(22-2)3-4-11(10)16/h3-7H,1-2H3,(H,18,20). The first-order valence-corrected chi connectivity index (χ1v) is 8.30. The number of rotatable bonds is 3. The molecular formula is C15H12BrN3O3S. The fourth-order valence-electron chi connectivity index (χ4n) is 2.11. The lowest BCUT2D eigenvalue weighted by Crippen LogP contribution is -2.24. The first-order chi connectivity index (χ1) is 11.0. The van der Waals surface area contributed by atoms with Crippen molar-refractivity contribution in [2.24, 2.45) is 0 Å². The molecule has 0 aliphatic heterocycles. The highest BCUT2D eigenvalue weighted by atomic mass is 79.9. The number of ether oxygens (including phenoxy) is 1. The van der Waals surface area contributed by atoms with Crippen molar-refractivity contribution < 1.29 is 9.53 Å². The number of aryl methyl sites for hydroxylation is 1. The molecule has 118 valence electrons. The summed E-state index contributed by atoms with van der Waals surface area (Å²) in [5.74, 6) is 0.145. The molecule has 2 heterocycles. The number of hydrogen-bond acceptors (Lipinski definition) is 5. The van der Waals surface area contributed by atoms with E-state index in [1.54, 1.807) is 36.7 Å². The zero-order chi connectivity index (χ0) is 16.6. The average Bonchev–Trinajstić information content (AvgIpc) is 3.00. The molecule has 0 unspecified atom stereocenters. The molecule has 0 bridgehead atoms. The second-order valence-electron chi connectivity index (χ2n) is 4.73. The molecule has 1 aromatic carbocycles. The predicted molar refractivity (Wildman–Crippen MR) is 92.7 cm³/mol. The molecule has 0 radical (unpaired) electrons. The van der Waals surface area contributed by atoms with E-state index in [1.807, 2.05) is 0 Å². The molecule has 3 rings (SSSR count). The van der Waals surface area contributed by atoms with Crippen LogP contribution < -0.4 is 15.6 Å². The lowest BCUT2D eigenvalue weighted by atomic mass is 10.2. The summed E-state index contributed by atoms with van der Waals surface area (Å²) in [6.07, 6.45) is 1.63. The van der Waals surface area contributed by atoms with E-state index in [9.17, 15) is 9.59 Å². The number of aromatic nitrogens is 2. The smallest absolute Gasteiger partial charge is 0.282 e. The number of nitrogens with one attached hydrogen (secondary N) is 1. The quantitative estimate of drug-likeness (QED) is 0.741. The number of amides is 1. The van der Waals surface area contributed by atoms with Crippen molar-refractivity contribution in [2.45, 2.75) is 6.92 Å². The Hall–Kier alpha value is -2.19. The molecule has 0 aliphatic carbocycles. The number of methoxy groups -OCH3 is 1. The van der Waals surface area contributed by atoms with Crippen LogP contribution in [0.15, 0.2) is 39.0 Å². The van der Waals surface area contributed by atoms with Crippen LogP contribution in [0.2, 0.25) is 0 Å². The molecule has 0 saturated carbocycles. The SMILES string of the molecule is COc1ccc(Br)c(C(=O)Nc2c(C)nc3sccn3c2=O)c1. The van der Waals surface area contributed by atoms with Crippen LogP contribution in [0.5, 0.6) is 5.75 Å². The Kier molecular flexibility index (Phi) is 4.18. The van der Waals surface area contributed by atoms with Crippen LogP contribution in [0, 0.1) is 6.92 Å². The molecule has 0 fully saturated rings. The summed E-state index contributed by atoms with van der Waals surface area (Å²) in [5.41, 5.74) is 0.713. The van der Waals surface area contributed by atoms with Gasteiger partial charge in [0, 0.05) is 16.0 Å². The molecule has 0 saturated heterocycles. The van der Waals surface area contributed by atoms with Gasteiger partial charge in [0.15, 0.2) is 4.96 Å². The largest absolute Gasteiger partial charge is 0.497 e. The van der Waals surface area contributed by atoms with E-state index in [4.69, 9.17) is 4.74 Å². The molecule has 23 heavy (non-hydrogen) atoms. The summed E-state index contributed by atoms with van der Waals surface area (Å²) in [4.78, 5) is 29.9. The van der Waals surface area contributed by atoms with Crippen molar-refractivity contribution in [1.29, 1.82) is 0 Å². The normalized spacial score (nSPS) is 10.7. The van der Waals surface area contributed by atoms with Crippen molar-refractivity contribution in [1.82, 2.24) is 9.38 Å². The molecule has 3 aromatic rings. The minimum absolute atomic E-state index is 0.167. The van der Waals surface area contributed by atoms with Crippen LogP contribution in [0.1, 0.15) is 16.1 Å². The van der Waals surface area contributed by atoms with Gasteiger partial charge in [0.1, 0.15) is 11.4 Å². The summed E-state index contributed by atoms with van der Waals surface area (Å²) in [7, 11) is 1.52. The minimum Gasteiger partial charge on any atom is -0.497 e. The zero-order valence-corrected chi connectivity index (χ0v) is 14.7. The van der Waals surface area contributed by atoms with Gasteiger partial charge in [-0.15, -0.1) is 11.3 Å². The number of carbonyl (C=O) groups is 1. The van der Waals surface area contributed by atoms with Gasteiger partial charge in [-0.3, -0.25) is 14.0 Å². The van der Waals surface area contributed by atoms with E-state index in [1.165, 1.54) is 22.8 Å². The first kappa shape index (κ1) is 15.7. The topological polar surface area (TPSA) is 72.7 Å². The predicted octanol–water partition coefficient (Wildman–Crippen LogP) is 3.09. The summed E-state index contributed by atoms with van der Waals surface area (Å²) in [5, 5.41) is 4.42. The van der Waals surface area contributed by atoms with Crippen molar-refractivity contribution >= 4 is 43.8 Å². The highest BCUT2D eigenvalue weighted by Gasteiger charge is 2.17. The first-order valence-electron chi connectivity index (χ1n) is 6.62. The summed E-state index contributed by atoms with van der Waals surface area (Å²) in [6.45, 7) is 1.69. The van der Waals surface area contributed by atoms with E-state index in [-0.39, 0.29) is 11.2 Å². The fraction of sp³-hybridized carbons (Fsp3) is 0.133. The van der Waals surface area contributed by atoms with E-state index >= 15 is 0 Å². The third-order valence-electron chi connectivity index (χ3n) is 3.30. The summed E-state index contributed by atoms with van der Waals surface area (Å²) in [6, 6.07) is 5.05. The molecule has 0 atom stereocenters. The molecule has 0 aliphatic rings. The Bertz CT molecular complexity index is 964. The van der Waals surface area contributed by atoms with Gasteiger partial charge >= 0.3 is 0 Å². The van der Waals surface area contributed by atoms with Crippen LogP contribution in [0.25, 0.3) is 4.96 Å². The number of benzene rings is 1. The second-order valence-corrected chi connectivity index (χ2v) is 6.46. The van der Waals surface area contributed by atoms with Gasteiger partial charge in [0.2, 0.25) is 0 Å². The maximum Gasteiger partial charge on any atom is 0.282 e. The number of hydrogen-bond donors (Lipinski definition) is 1. The van der Waals surface area contributed by atoms with Gasteiger partial charge in [0.05, 0.1) is 18.4 Å². The number of fused-ring (bicyclic) bond motifs is 1. The third-order valence-corrected chi connectivity index (χ3v) is 4.75. The summed E-state index contributed by atoms with van der Waals surface area (Å²) < 4.78 is 7.15. The van der Waals surface area contributed by atoms with Gasteiger partial charge < -0.3 is 10.1 Å². The molecule has 6 nitrogen and oxygen atoms in total. The van der Waals surface area contributed by atoms with Gasteiger partial charge in [-0.25, -0.2) is 4.98 Å². The monoisotopic (exact) mass is 393 g/mol. The minimum atomic E-state index is -0.409. The van der Waals surface area contributed by atoms with Crippen molar-refractivity contribution in [3.8, 4) is 5.75 Å². The second kappa shape index (κ2) is 6.13.